The zero-order valence-electron chi connectivity index (χ0n) is 16.7. The van der Waals surface area contributed by atoms with Crippen molar-refractivity contribution in [2.24, 2.45) is 5.92 Å². The highest BCUT2D eigenvalue weighted by molar-refractivity contribution is 5.94. The van der Waals surface area contributed by atoms with Crippen molar-refractivity contribution in [3.8, 4) is 5.75 Å². The molecule has 0 radical (unpaired) electrons. The van der Waals surface area contributed by atoms with Crippen LogP contribution >= 0.6 is 0 Å². The van der Waals surface area contributed by atoms with E-state index in [-0.39, 0.29) is 5.91 Å². The minimum absolute atomic E-state index is 0.0890. The van der Waals surface area contributed by atoms with Crippen LogP contribution in [0.1, 0.15) is 53.5 Å². The van der Waals surface area contributed by atoms with Gasteiger partial charge >= 0.3 is 0 Å². The number of aromatic nitrogens is 2. The first-order valence-electron chi connectivity index (χ1n) is 10.5. The molecule has 2 N–H and O–H groups in total. The van der Waals surface area contributed by atoms with Gasteiger partial charge in [-0.15, -0.1) is 0 Å². The van der Waals surface area contributed by atoms with Crippen LogP contribution < -0.4 is 10.1 Å². The summed E-state index contributed by atoms with van der Waals surface area (Å²) in [7, 11) is 0. The molecule has 1 fully saturated rings. The summed E-state index contributed by atoms with van der Waals surface area (Å²) in [5, 5.41) is 10.7. The van der Waals surface area contributed by atoms with Gasteiger partial charge in [0.25, 0.3) is 5.91 Å². The monoisotopic (exact) mass is 382 g/mol. The predicted octanol–water partition coefficient (Wildman–Crippen LogP) is 2.94. The van der Waals surface area contributed by atoms with Crippen LogP contribution in [0.2, 0.25) is 0 Å². The lowest BCUT2D eigenvalue weighted by Gasteiger charge is -2.32. The summed E-state index contributed by atoms with van der Waals surface area (Å²) in [6.45, 7) is 6.06. The second-order valence-corrected chi connectivity index (χ2v) is 7.81. The highest BCUT2D eigenvalue weighted by Gasteiger charge is 2.28. The molecule has 0 saturated carbocycles. The highest BCUT2D eigenvalue weighted by Crippen LogP contribution is 2.25. The second-order valence-electron chi connectivity index (χ2n) is 7.81. The summed E-state index contributed by atoms with van der Waals surface area (Å²) in [5.74, 6) is 1.71. The van der Waals surface area contributed by atoms with Gasteiger partial charge in [0, 0.05) is 43.9 Å². The zero-order valence-corrected chi connectivity index (χ0v) is 16.7. The van der Waals surface area contributed by atoms with Crippen molar-refractivity contribution in [2.45, 2.75) is 45.6 Å². The van der Waals surface area contributed by atoms with Gasteiger partial charge in [-0.1, -0.05) is 12.1 Å². The van der Waals surface area contributed by atoms with Crippen molar-refractivity contribution in [3.05, 3.63) is 46.8 Å². The number of rotatable bonds is 6. The lowest BCUT2D eigenvalue weighted by Crippen LogP contribution is -2.39. The van der Waals surface area contributed by atoms with E-state index in [2.05, 4.69) is 39.8 Å². The molecule has 1 aromatic carbocycles. The first kappa shape index (κ1) is 19.0. The number of amides is 1. The molecule has 1 aromatic heterocycles. The molecule has 2 aromatic rings. The summed E-state index contributed by atoms with van der Waals surface area (Å²) < 4.78 is 5.51. The van der Waals surface area contributed by atoms with E-state index in [4.69, 9.17) is 4.74 Å². The summed E-state index contributed by atoms with van der Waals surface area (Å²) in [6, 6.07) is 8.44. The van der Waals surface area contributed by atoms with E-state index >= 15 is 0 Å². The average molecular weight is 383 g/mol. The number of hydrogen-bond acceptors (Lipinski definition) is 4. The standard InChI is InChI=1S/C22H30N4O2/c1-2-28-18-7-5-16(6-8-18)3-4-17-10-13-26(14-11-17)22(27)21-19-15-23-12-9-20(19)24-25-21/h5-8,17,23H,2-4,9-15H2,1H3,(H,24,25). The molecule has 0 bridgehead atoms. The number of likely N-dealkylation sites (tertiary alicyclic amines) is 1. The third-order valence-corrected chi connectivity index (χ3v) is 5.99. The maximum Gasteiger partial charge on any atom is 0.274 e. The summed E-state index contributed by atoms with van der Waals surface area (Å²) in [5.41, 5.74) is 4.16. The van der Waals surface area contributed by atoms with Gasteiger partial charge in [-0.05, 0) is 56.2 Å². The zero-order chi connectivity index (χ0) is 19.3. The number of aromatic amines is 1. The minimum Gasteiger partial charge on any atom is -0.494 e. The maximum absolute atomic E-state index is 12.9. The molecule has 0 unspecified atom stereocenters. The number of H-pyrrole nitrogens is 1. The highest BCUT2D eigenvalue weighted by atomic mass is 16.5. The van der Waals surface area contributed by atoms with Gasteiger partial charge in [-0.25, -0.2) is 0 Å². The van der Waals surface area contributed by atoms with Crippen LogP contribution in [0.5, 0.6) is 5.75 Å². The molecule has 28 heavy (non-hydrogen) atoms. The molecule has 4 rings (SSSR count). The van der Waals surface area contributed by atoms with Crippen LogP contribution in [-0.4, -0.2) is 47.2 Å². The number of carbonyl (C=O) groups excluding carboxylic acids is 1. The van der Waals surface area contributed by atoms with E-state index in [1.54, 1.807) is 0 Å². The Morgan fingerprint density at radius 1 is 1.25 bits per heavy atom. The molecular formula is C22H30N4O2. The maximum atomic E-state index is 12.9. The number of nitrogens with zero attached hydrogens (tertiary/aromatic N) is 2. The van der Waals surface area contributed by atoms with E-state index in [0.29, 0.717) is 18.2 Å². The fourth-order valence-electron chi connectivity index (χ4n) is 4.27. The van der Waals surface area contributed by atoms with Gasteiger partial charge in [0.2, 0.25) is 0 Å². The Bertz CT molecular complexity index is 791. The molecule has 2 aliphatic rings. The first-order valence-corrected chi connectivity index (χ1v) is 10.5. The molecule has 1 saturated heterocycles. The van der Waals surface area contributed by atoms with Crippen LogP contribution in [0, 0.1) is 5.92 Å². The van der Waals surface area contributed by atoms with Crippen LogP contribution in [-0.2, 0) is 19.4 Å². The third-order valence-electron chi connectivity index (χ3n) is 5.99. The Morgan fingerprint density at radius 2 is 2.04 bits per heavy atom. The van der Waals surface area contributed by atoms with Crippen LogP contribution in [0.3, 0.4) is 0 Å². The lowest BCUT2D eigenvalue weighted by molar-refractivity contribution is 0.0679. The minimum atomic E-state index is 0.0890. The van der Waals surface area contributed by atoms with E-state index in [1.165, 1.54) is 12.0 Å². The Hall–Kier alpha value is -2.34. The number of nitrogens with one attached hydrogen (secondary N) is 2. The van der Waals surface area contributed by atoms with E-state index < -0.39 is 0 Å². The molecule has 0 spiro atoms. The fraction of sp³-hybridized carbons (Fsp3) is 0.545. The predicted molar refractivity (Wildman–Crippen MR) is 109 cm³/mol. The molecule has 6 heteroatoms. The molecule has 1 amide bonds. The second kappa shape index (κ2) is 8.78. The van der Waals surface area contributed by atoms with Crippen molar-refractivity contribution in [1.29, 1.82) is 0 Å². The topological polar surface area (TPSA) is 70.2 Å². The summed E-state index contributed by atoms with van der Waals surface area (Å²) in [6.07, 6.45) is 5.34. The number of benzene rings is 1. The fourth-order valence-corrected chi connectivity index (χ4v) is 4.27. The third kappa shape index (κ3) is 4.22. The lowest BCUT2D eigenvalue weighted by atomic mass is 9.90. The normalized spacial score (nSPS) is 17.4. The van der Waals surface area contributed by atoms with Gasteiger partial charge in [-0.3, -0.25) is 9.89 Å². The Kier molecular flexibility index (Phi) is 5.95. The molecule has 0 aliphatic carbocycles. The summed E-state index contributed by atoms with van der Waals surface area (Å²) >= 11 is 0. The van der Waals surface area contributed by atoms with Crippen LogP contribution in [0.25, 0.3) is 0 Å². The van der Waals surface area contributed by atoms with Crippen LogP contribution in [0.15, 0.2) is 24.3 Å². The van der Waals surface area contributed by atoms with Gasteiger partial charge in [0.15, 0.2) is 5.69 Å². The van der Waals surface area contributed by atoms with Crippen molar-refractivity contribution in [2.75, 3.05) is 26.2 Å². The van der Waals surface area contributed by atoms with Gasteiger partial charge in [0.05, 0.1) is 6.61 Å². The molecular weight excluding hydrogens is 352 g/mol. The molecule has 150 valence electrons. The largest absolute Gasteiger partial charge is 0.494 e. The number of ether oxygens (including phenoxy) is 1. The number of hydrogen-bond donors (Lipinski definition) is 2. The quantitative estimate of drug-likeness (QED) is 0.806. The van der Waals surface area contributed by atoms with Gasteiger partial charge < -0.3 is 15.0 Å². The Balaban J connectivity index is 1.26. The first-order chi connectivity index (χ1) is 13.7. The van der Waals surface area contributed by atoms with Gasteiger partial charge in [-0.2, -0.15) is 5.10 Å². The average Bonchev–Trinajstić information content (AvgIpc) is 3.17. The number of carbonyl (C=O) groups is 1. The summed E-state index contributed by atoms with van der Waals surface area (Å²) in [4.78, 5) is 14.9. The van der Waals surface area contributed by atoms with E-state index in [9.17, 15) is 4.79 Å². The molecule has 0 atom stereocenters. The van der Waals surface area contributed by atoms with Crippen molar-refractivity contribution >= 4 is 5.91 Å². The Labute approximate surface area is 166 Å². The van der Waals surface area contributed by atoms with E-state index in [0.717, 1.165) is 68.9 Å². The van der Waals surface area contributed by atoms with Crippen LogP contribution in [0.4, 0.5) is 0 Å². The number of aryl methyl sites for hydroxylation is 1. The van der Waals surface area contributed by atoms with Crippen molar-refractivity contribution in [1.82, 2.24) is 20.4 Å². The van der Waals surface area contributed by atoms with Gasteiger partial charge in [0.1, 0.15) is 5.75 Å². The molecule has 6 nitrogen and oxygen atoms in total. The van der Waals surface area contributed by atoms with E-state index in [1.807, 2.05) is 11.8 Å². The molecule has 2 aliphatic heterocycles. The Morgan fingerprint density at radius 3 is 2.79 bits per heavy atom. The number of piperidine rings is 1. The van der Waals surface area contributed by atoms with Crippen molar-refractivity contribution in [3.63, 3.8) is 0 Å². The number of fused-ring (bicyclic) bond motifs is 1. The molecule has 3 heterocycles. The van der Waals surface area contributed by atoms with Crippen molar-refractivity contribution < 1.29 is 9.53 Å². The smallest absolute Gasteiger partial charge is 0.274 e. The SMILES string of the molecule is CCOc1ccc(CCC2CCN(C(=O)c3n[nH]c4c3CNCC4)CC2)cc1.